The van der Waals surface area contributed by atoms with E-state index in [9.17, 15) is 18.3 Å². The third-order valence-electron chi connectivity index (χ3n) is 6.07. The zero-order chi connectivity index (χ0) is 20.1. The first-order valence-electron chi connectivity index (χ1n) is 9.47. The maximum absolute atomic E-state index is 12.9. The Morgan fingerprint density at radius 1 is 1.11 bits per heavy atom. The minimum Gasteiger partial charge on any atom is -0.507 e. The minimum atomic E-state index is -4.51. The van der Waals surface area contributed by atoms with Crippen molar-refractivity contribution in [3.63, 3.8) is 0 Å². The van der Waals surface area contributed by atoms with Crippen molar-refractivity contribution in [3.05, 3.63) is 35.4 Å². The van der Waals surface area contributed by atoms with Crippen LogP contribution in [-0.4, -0.2) is 45.4 Å². The Bertz CT molecular complexity index is 846. The normalized spacial score (nSPS) is 25.1. The standard InChI is InChI=1S/C20H23F3N4O/c1-11-9-12(20(21,22)23)10-17(28)19(11)15-6-8-18(26-25-15)24-14-5-3-13-4-7-16(14)27(13)2/h6,8-10,13-14,16,28H,3-5,7H2,1-2H3,(H,24,26)/t13-,14-,16-/m0/s1. The van der Waals surface area contributed by atoms with Gasteiger partial charge in [0.2, 0.25) is 0 Å². The number of hydrogen-bond donors (Lipinski definition) is 2. The lowest BCUT2D eigenvalue weighted by Gasteiger charge is -2.38. The average Bonchev–Trinajstić information content (AvgIpc) is 2.85. The number of alkyl halides is 3. The molecule has 2 fully saturated rings. The van der Waals surface area contributed by atoms with E-state index in [0.29, 0.717) is 35.2 Å². The van der Waals surface area contributed by atoms with E-state index in [1.165, 1.54) is 19.8 Å². The number of fused-ring (bicyclic) bond motifs is 2. The van der Waals surface area contributed by atoms with Gasteiger partial charge >= 0.3 is 6.18 Å². The number of aromatic nitrogens is 2. The van der Waals surface area contributed by atoms with Gasteiger partial charge < -0.3 is 10.4 Å². The van der Waals surface area contributed by atoms with Crippen LogP contribution >= 0.6 is 0 Å². The van der Waals surface area contributed by atoms with Crippen LogP contribution < -0.4 is 5.32 Å². The molecular formula is C20H23F3N4O. The molecule has 3 atom stereocenters. The van der Waals surface area contributed by atoms with Crippen molar-refractivity contribution in [3.8, 4) is 17.0 Å². The van der Waals surface area contributed by atoms with Gasteiger partial charge in [-0.15, -0.1) is 10.2 Å². The first kappa shape index (κ1) is 19.0. The molecule has 0 radical (unpaired) electrons. The number of phenolic OH excluding ortho intramolecular Hbond substituents is 1. The maximum Gasteiger partial charge on any atom is 0.416 e. The van der Waals surface area contributed by atoms with E-state index in [4.69, 9.17) is 0 Å². The lowest BCUT2D eigenvalue weighted by Crippen LogP contribution is -2.48. The fraction of sp³-hybridized carbons (Fsp3) is 0.500. The molecule has 2 bridgehead atoms. The highest BCUT2D eigenvalue weighted by Gasteiger charge is 2.40. The molecule has 8 heteroatoms. The number of nitrogens with one attached hydrogen (secondary N) is 1. The van der Waals surface area contributed by atoms with E-state index in [2.05, 4.69) is 27.5 Å². The Morgan fingerprint density at radius 2 is 1.86 bits per heavy atom. The molecule has 2 aromatic rings. The Labute approximate surface area is 161 Å². The highest BCUT2D eigenvalue weighted by atomic mass is 19.4. The van der Waals surface area contributed by atoms with Crippen LogP contribution in [0.1, 0.15) is 36.8 Å². The van der Waals surface area contributed by atoms with E-state index in [-0.39, 0.29) is 5.56 Å². The molecule has 0 saturated carbocycles. The van der Waals surface area contributed by atoms with Crippen LogP contribution in [0.2, 0.25) is 0 Å². The van der Waals surface area contributed by atoms with Gasteiger partial charge in [0.15, 0.2) is 0 Å². The van der Waals surface area contributed by atoms with Crippen molar-refractivity contribution in [2.75, 3.05) is 12.4 Å². The van der Waals surface area contributed by atoms with Gasteiger partial charge in [0.05, 0.1) is 11.3 Å². The van der Waals surface area contributed by atoms with E-state index in [1.807, 2.05) is 0 Å². The van der Waals surface area contributed by atoms with Gasteiger partial charge in [0, 0.05) is 23.7 Å². The van der Waals surface area contributed by atoms with Crippen LogP contribution in [0.15, 0.2) is 24.3 Å². The SMILES string of the molecule is Cc1cc(C(F)(F)F)cc(O)c1-c1ccc(N[C@H]2CC[C@H]3CC[C@@H]2N3C)nn1. The molecule has 4 rings (SSSR count). The Hall–Kier alpha value is -2.35. The number of hydrogen-bond acceptors (Lipinski definition) is 5. The molecule has 5 nitrogen and oxygen atoms in total. The summed E-state index contributed by atoms with van der Waals surface area (Å²) in [5.74, 6) is 0.185. The summed E-state index contributed by atoms with van der Waals surface area (Å²) in [7, 11) is 2.17. The molecule has 2 aliphatic heterocycles. The van der Waals surface area contributed by atoms with E-state index in [1.54, 1.807) is 12.1 Å². The lowest BCUT2D eigenvalue weighted by molar-refractivity contribution is -0.137. The van der Waals surface area contributed by atoms with Gasteiger partial charge in [-0.2, -0.15) is 13.2 Å². The summed E-state index contributed by atoms with van der Waals surface area (Å²) in [4.78, 5) is 2.44. The molecule has 2 aliphatic rings. The summed E-state index contributed by atoms with van der Waals surface area (Å²) in [6.45, 7) is 1.52. The van der Waals surface area contributed by atoms with Gasteiger partial charge in [-0.3, -0.25) is 4.90 Å². The highest BCUT2D eigenvalue weighted by molar-refractivity contribution is 5.71. The number of halogens is 3. The molecule has 150 valence electrons. The topological polar surface area (TPSA) is 61.3 Å². The van der Waals surface area contributed by atoms with Crippen LogP contribution in [0.4, 0.5) is 19.0 Å². The molecule has 1 aromatic carbocycles. The predicted octanol–water partition coefficient (Wildman–Crippen LogP) is 4.21. The van der Waals surface area contributed by atoms with Gasteiger partial charge in [-0.05, 0) is 69.5 Å². The average molecular weight is 392 g/mol. The first-order chi connectivity index (χ1) is 13.2. The van der Waals surface area contributed by atoms with Gasteiger partial charge in [-0.25, -0.2) is 0 Å². The van der Waals surface area contributed by atoms with E-state index in [0.717, 1.165) is 25.0 Å². The summed E-state index contributed by atoms with van der Waals surface area (Å²) in [5.41, 5.74) is 0.0288. The number of nitrogens with zero attached hydrogens (tertiary/aromatic N) is 3. The Kier molecular flexibility index (Phi) is 4.69. The minimum absolute atomic E-state index is 0.267. The number of rotatable bonds is 3. The van der Waals surface area contributed by atoms with Crippen molar-refractivity contribution in [1.82, 2.24) is 15.1 Å². The largest absolute Gasteiger partial charge is 0.507 e. The second kappa shape index (κ2) is 6.92. The summed E-state index contributed by atoms with van der Waals surface area (Å²) in [5, 5.41) is 21.9. The van der Waals surface area contributed by atoms with Crippen LogP contribution in [-0.2, 0) is 6.18 Å². The fourth-order valence-electron chi connectivity index (χ4n) is 4.60. The number of piperidine rings is 1. The van der Waals surface area contributed by atoms with E-state index >= 15 is 0 Å². The van der Waals surface area contributed by atoms with Crippen LogP contribution in [0.25, 0.3) is 11.3 Å². The van der Waals surface area contributed by atoms with Crippen molar-refractivity contribution >= 4 is 5.82 Å². The zero-order valence-corrected chi connectivity index (χ0v) is 15.8. The van der Waals surface area contributed by atoms with Crippen molar-refractivity contribution in [2.45, 2.75) is 56.9 Å². The molecule has 3 heterocycles. The number of aryl methyl sites for hydroxylation is 1. The van der Waals surface area contributed by atoms with E-state index < -0.39 is 17.5 Å². The van der Waals surface area contributed by atoms with Crippen LogP contribution in [0.3, 0.4) is 0 Å². The summed E-state index contributed by atoms with van der Waals surface area (Å²) in [6, 6.07) is 6.66. The van der Waals surface area contributed by atoms with Crippen molar-refractivity contribution < 1.29 is 18.3 Å². The maximum atomic E-state index is 12.9. The smallest absolute Gasteiger partial charge is 0.416 e. The molecule has 0 unspecified atom stereocenters. The molecule has 2 saturated heterocycles. The molecule has 0 spiro atoms. The third kappa shape index (κ3) is 3.41. The zero-order valence-electron chi connectivity index (χ0n) is 15.8. The number of phenols is 1. The van der Waals surface area contributed by atoms with Gasteiger partial charge in [-0.1, -0.05) is 0 Å². The quantitative estimate of drug-likeness (QED) is 0.819. The second-order valence-electron chi connectivity index (χ2n) is 7.78. The molecular weight excluding hydrogens is 369 g/mol. The molecule has 28 heavy (non-hydrogen) atoms. The van der Waals surface area contributed by atoms with Crippen LogP contribution in [0.5, 0.6) is 5.75 Å². The molecule has 0 amide bonds. The van der Waals surface area contributed by atoms with Crippen molar-refractivity contribution in [1.29, 1.82) is 0 Å². The van der Waals surface area contributed by atoms with Crippen molar-refractivity contribution in [2.24, 2.45) is 0 Å². The number of anilines is 1. The third-order valence-corrected chi connectivity index (χ3v) is 6.07. The lowest BCUT2D eigenvalue weighted by atomic mass is 9.98. The number of likely N-dealkylation sites (N-methyl/N-ethyl adjacent to an activating group) is 1. The summed E-state index contributed by atoms with van der Waals surface area (Å²) < 4.78 is 38.7. The molecule has 2 N–H and O–H groups in total. The first-order valence-corrected chi connectivity index (χ1v) is 9.47. The second-order valence-corrected chi connectivity index (χ2v) is 7.78. The predicted molar refractivity (Wildman–Crippen MR) is 100 cm³/mol. The van der Waals surface area contributed by atoms with Crippen LogP contribution in [0, 0.1) is 6.92 Å². The Balaban J connectivity index is 1.54. The summed E-state index contributed by atoms with van der Waals surface area (Å²) in [6.07, 6.45) is 0.142. The van der Waals surface area contributed by atoms with Gasteiger partial charge in [0.25, 0.3) is 0 Å². The fourth-order valence-corrected chi connectivity index (χ4v) is 4.60. The number of benzene rings is 1. The monoisotopic (exact) mass is 392 g/mol. The summed E-state index contributed by atoms with van der Waals surface area (Å²) >= 11 is 0. The highest BCUT2D eigenvalue weighted by Crippen LogP contribution is 2.39. The molecule has 0 aliphatic carbocycles. The molecule has 1 aromatic heterocycles. The number of aromatic hydroxyl groups is 1. The van der Waals surface area contributed by atoms with Gasteiger partial charge in [0.1, 0.15) is 11.6 Å². The Morgan fingerprint density at radius 3 is 2.50 bits per heavy atom.